The molecule has 0 rings (SSSR count). The molecule has 0 aromatic heterocycles. The van der Waals surface area contributed by atoms with Crippen LogP contribution in [-0.4, -0.2) is 39.7 Å². The summed E-state index contributed by atoms with van der Waals surface area (Å²) in [5.74, 6) is -1.78. The van der Waals surface area contributed by atoms with Gasteiger partial charge in [0.2, 0.25) is 0 Å². The molecule has 0 aromatic rings. The van der Waals surface area contributed by atoms with E-state index < -0.39 is 23.9 Å². The quantitative estimate of drug-likeness (QED) is 0.560. The third kappa shape index (κ3) is 5.48. The van der Waals surface area contributed by atoms with Gasteiger partial charge in [-0.3, -0.25) is 9.59 Å². The van der Waals surface area contributed by atoms with E-state index in [4.69, 9.17) is 15.9 Å². The van der Waals surface area contributed by atoms with Gasteiger partial charge in [-0.1, -0.05) is 6.92 Å². The molecular weight excluding hydrogens is 194 g/mol. The van der Waals surface area contributed by atoms with Crippen molar-refractivity contribution >= 4 is 23.7 Å². The lowest BCUT2D eigenvalue weighted by Gasteiger charge is -2.07. The Morgan fingerprint density at radius 1 is 1.31 bits per heavy atom. The third-order valence-corrected chi connectivity index (χ3v) is 2.73. The second-order valence-electron chi connectivity index (χ2n) is 2.72. The topological polar surface area (TPSA) is 101 Å². The maximum Gasteiger partial charge on any atom is 0.321 e. The van der Waals surface area contributed by atoms with Crippen LogP contribution in [-0.2, 0) is 9.59 Å². The Bertz CT molecular complexity index is 177. The fourth-order valence-corrected chi connectivity index (χ4v) is 1.54. The molecular formula is C7H13NO4S. The predicted octanol–water partition coefficient (Wildman–Crippen LogP) is -0.148. The van der Waals surface area contributed by atoms with Gasteiger partial charge in [0, 0.05) is 11.5 Å². The van der Waals surface area contributed by atoms with Gasteiger partial charge in [-0.25, -0.2) is 0 Å². The SMILES string of the molecule is C[C@H](CSC[C@H](N)C(=O)O)C(=O)O. The van der Waals surface area contributed by atoms with Crippen molar-refractivity contribution in [1.29, 1.82) is 0 Å². The van der Waals surface area contributed by atoms with E-state index in [1.54, 1.807) is 6.92 Å². The summed E-state index contributed by atoms with van der Waals surface area (Å²) in [7, 11) is 0. The monoisotopic (exact) mass is 207 g/mol. The molecule has 0 saturated carbocycles. The summed E-state index contributed by atoms with van der Waals surface area (Å²) in [6.07, 6.45) is 0. The first-order chi connectivity index (χ1) is 5.95. The fraction of sp³-hybridized carbons (Fsp3) is 0.714. The maximum absolute atomic E-state index is 10.3. The largest absolute Gasteiger partial charge is 0.481 e. The molecule has 0 bridgehead atoms. The molecule has 0 aliphatic carbocycles. The molecule has 5 nitrogen and oxygen atoms in total. The predicted molar refractivity (Wildman–Crippen MR) is 49.7 cm³/mol. The van der Waals surface area contributed by atoms with Crippen molar-refractivity contribution in [3.8, 4) is 0 Å². The highest BCUT2D eigenvalue weighted by Gasteiger charge is 2.14. The number of carboxylic acids is 2. The zero-order valence-corrected chi connectivity index (χ0v) is 8.08. The Morgan fingerprint density at radius 3 is 2.23 bits per heavy atom. The number of rotatable bonds is 6. The van der Waals surface area contributed by atoms with Crippen molar-refractivity contribution in [2.45, 2.75) is 13.0 Å². The number of nitrogens with two attached hydrogens (primary N) is 1. The molecule has 0 aromatic carbocycles. The molecule has 0 unspecified atom stereocenters. The summed E-state index contributed by atoms with van der Waals surface area (Å²) in [5, 5.41) is 16.9. The Kier molecular flexibility index (Phi) is 5.48. The van der Waals surface area contributed by atoms with Crippen molar-refractivity contribution in [3.05, 3.63) is 0 Å². The maximum atomic E-state index is 10.3. The molecule has 0 radical (unpaired) electrons. The molecule has 0 aliphatic rings. The molecule has 0 saturated heterocycles. The summed E-state index contributed by atoms with van der Waals surface area (Å²) in [4.78, 5) is 20.6. The Hall–Kier alpha value is -0.750. The van der Waals surface area contributed by atoms with E-state index in [1.165, 1.54) is 11.8 Å². The van der Waals surface area contributed by atoms with E-state index >= 15 is 0 Å². The normalized spacial score (nSPS) is 14.9. The Labute approximate surface area is 80.3 Å². The Balaban J connectivity index is 3.56. The lowest BCUT2D eigenvalue weighted by molar-refractivity contribution is -0.140. The first kappa shape index (κ1) is 12.2. The van der Waals surface area contributed by atoms with Gasteiger partial charge in [-0.2, -0.15) is 11.8 Å². The van der Waals surface area contributed by atoms with Gasteiger partial charge in [0.25, 0.3) is 0 Å². The van der Waals surface area contributed by atoms with E-state index in [-0.39, 0.29) is 5.75 Å². The second kappa shape index (κ2) is 5.82. The van der Waals surface area contributed by atoms with E-state index in [0.717, 1.165) is 0 Å². The molecule has 0 fully saturated rings. The molecule has 0 spiro atoms. The first-order valence-electron chi connectivity index (χ1n) is 3.74. The van der Waals surface area contributed by atoms with Gasteiger partial charge < -0.3 is 15.9 Å². The van der Waals surface area contributed by atoms with E-state index in [9.17, 15) is 9.59 Å². The lowest BCUT2D eigenvalue weighted by Crippen LogP contribution is -2.32. The van der Waals surface area contributed by atoms with Crippen molar-refractivity contribution < 1.29 is 19.8 Å². The van der Waals surface area contributed by atoms with Gasteiger partial charge >= 0.3 is 11.9 Å². The van der Waals surface area contributed by atoms with Crippen LogP contribution in [0, 0.1) is 5.92 Å². The molecule has 2 atom stereocenters. The molecule has 13 heavy (non-hydrogen) atoms. The number of hydrogen-bond acceptors (Lipinski definition) is 4. The van der Waals surface area contributed by atoms with Crippen LogP contribution in [0.5, 0.6) is 0 Å². The minimum Gasteiger partial charge on any atom is -0.481 e. The van der Waals surface area contributed by atoms with Crippen molar-refractivity contribution in [3.63, 3.8) is 0 Å². The summed E-state index contributed by atoms with van der Waals surface area (Å²) < 4.78 is 0. The average Bonchev–Trinajstić information content (AvgIpc) is 2.03. The van der Waals surface area contributed by atoms with Gasteiger partial charge in [0.15, 0.2) is 0 Å². The summed E-state index contributed by atoms with van der Waals surface area (Å²) >= 11 is 1.24. The minimum atomic E-state index is -1.06. The van der Waals surface area contributed by atoms with E-state index in [2.05, 4.69) is 0 Å². The molecule has 76 valence electrons. The smallest absolute Gasteiger partial charge is 0.321 e. The van der Waals surface area contributed by atoms with Crippen LogP contribution in [0.4, 0.5) is 0 Å². The molecule has 0 amide bonds. The van der Waals surface area contributed by atoms with E-state index in [0.29, 0.717) is 5.75 Å². The number of hydrogen-bond donors (Lipinski definition) is 3. The van der Waals surface area contributed by atoms with Gasteiger partial charge in [0.1, 0.15) is 6.04 Å². The average molecular weight is 207 g/mol. The summed E-state index contributed by atoms with van der Waals surface area (Å²) in [5.41, 5.74) is 5.21. The third-order valence-electron chi connectivity index (χ3n) is 1.40. The lowest BCUT2D eigenvalue weighted by atomic mass is 10.2. The van der Waals surface area contributed by atoms with Crippen LogP contribution in [0.1, 0.15) is 6.92 Å². The highest BCUT2D eigenvalue weighted by atomic mass is 32.2. The first-order valence-corrected chi connectivity index (χ1v) is 4.89. The number of aliphatic carboxylic acids is 2. The van der Waals surface area contributed by atoms with Gasteiger partial charge in [0.05, 0.1) is 5.92 Å². The van der Waals surface area contributed by atoms with Crippen LogP contribution < -0.4 is 5.73 Å². The minimum absolute atomic E-state index is 0.243. The molecule has 0 heterocycles. The highest BCUT2D eigenvalue weighted by molar-refractivity contribution is 7.99. The summed E-state index contributed by atoms with van der Waals surface area (Å²) in [6.45, 7) is 1.57. The van der Waals surface area contributed by atoms with Crippen LogP contribution >= 0.6 is 11.8 Å². The molecule has 0 aliphatic heterocycles. The second-order valence-corrected chi connectivity index (χ2v) is 3.80. The zero-order valence-electron chi connectivity index (χ0n) is 7.27. The van der Waals surface area contributed by atoms with Crippen LogP contribution in [0.2, 0.25) is 0 Å². The number of thioether (sulfide) groups is 1. The molecule has 4 N–H and O–H groups in total. The van der Waals surface area contributed by atoms with Crippen molar-refractivity contribution in [2.75, 3.05) is 11.5 Å². The standard InChI is InChI=1S/C7H13NO4S/c1-4(6(9)10)2-13-3-5(8)7(11)12/h4-5H,2-3,8H2,1H3,(H,9,10)(H,11,12)/t4-,5+/m1/s1. The molecule has 6 heteroatoms. The van der Waals surface area contributed by atoms with Crippen molar-refractivity contribution in [1.82, 2.24) is 0 Å². The van der Waals surface area contributed by atoms with Gasteiger partial charge in [-0.05, 0) is 0 Å². The number of carbonyl (C=O) groups is 2. The highest BCUT2D eigenvalue weighted by Crippen LogP contribution is 2.09. The van der Waals surface area contributed by atoms with Crippen LogP contribution in [0.3, 0.4) is 0 Å². The fourth-order valence-electron chi connectivity index (χ4n) is 0.514. The Morgan fingerprint density at radius 2 is 1.85 bits per heavy atom. The summed E-state index contributed by atoms with van der Waals surface area (Å²) in [6, 6.07) is -0.911. The van der Waals surface area contributed by atoms with Gasteiger partial charge in [-0.15, -0.1) is 0 Å². The van der Waals surface area contributed by atoms with E-state index in [1.807, 2.05) is 0 Å². The zero-order chi connectivity index (χ0) is 10.4. The number of carboxylic acid groups (broad SMARTS) is 2. The van der Waals surface area contributed by atoms with Crippen molar-refractivity contribution in [2.24, 2.45) is 11.7 Å². The van der Waals surface area contributed by atoms with Crippen LogP contribution in [0.25, 0.3) is 0 Å². The van der Waals surface area contributed by atoms with Crippen LogP contribution in [0.15, 0.2) is 0 Å².